The molecule has 2 N–H and O–H groups in total. The van der Waals surface area contributed by atoms with Gasteiger partial charge in [0, 0.05) is 18.9 Å². The van der Waals surface area contributed by atoms with Crippen molar-refractivity contribution in [2.24, 2.45) is 7.05 Å². The zero-order chi connectivity index (χ0) is 11.4. The molecule has 0 aromatic carbocycles. The van der Waals surface area contributed by atoms with Crippen LogP contribution >= 0.6 is 0 Å². The highest BCUT2D eigenvalue weighted by molar-refractivity contribution is 5.01. The Morgan fingerprint density at radius 3 is 3.12 bits per heavy atom. The molecule has 0 aliphatic carbocycles. The predicted octanol–water partition coefficient (Wildman–Crippen LogP) is 0.857. The highest BCUT2D eigenvalue weighted by Crippen LogP contribution is 2.24. The largest absolute Gasteiger partial charge is 0.390 e. The van der Waals surface area contributed by atoms with Crippen molar-refractivity contribution >= 4 is 0 Å². The molecule has 1 atom stereocenters. The number of nitrogens with one attached hydrogen (secondary N) is 1. The minimum atomic E-state index is -0.478. The second kappa shape index (κ2) is 4.97. The molecule has 0 amide bonds. The Bertz CT molecular complexity index is 327. The van der Waals surface area contributed by atoms with E-state index in [2.05, 4.69) is 10.4 Å². The van der Waals surface area contributed by atoms with Crippen LogP contribution in [0.1, 0.15) is 31.4 Å². The third kappa shape index (κ3) is 2.83. The number of nitrogens with zero attached hydrogens (tertiary/aromatic N) is 2. The van der Waals surface area contributed by atoms with Crippen LogP contribution in [0, 0.1) is 0 Å². The number of aliphatic hydroxyl groups is 1. The van der Waals surface area contributed by atoms with Crippen molar-refractivity contribution in [3.8, 4) is 0 Å². The van der Waals surface area contributed by atoms with Crippen molar-refractivity contribution in [1.82, 2.24) is 15.1 Å². The van der Waals surface area contributed by atoms with E-state index in [0.717, 1.165) is 45.2 Å². The molecular formula is C12H21N3O. The fourth-order valence-electron chi connectivity index (χ4n) is 2.37. The zero-order valence-corrected chi connectivity index (χ0v) is 9.95. The predicted molar refractivity (Wildman–Crippen MR) is 63.2 cm³/mol. The molecule has 1 aromatic heterocycles. The molecule has 1 unspecified atom stereocenters. The minimum Gasteiger partial charge on any atom is -0.390 e. The molecular weight excluding hydrogens is 202 g/mol. The van der Waals surface area contributed by atoms with E-state index in [1.165, 1.54) is 5.69 Å². The van der Waals surface area contributed by atoms with Crippen molar-refractivity contribution in [2.75, 3.05) is 13.1 Å². The summed E-state index contributed by atoms with van der Waals surface area (Å²) in [4.78, 5) is 0. The standard InChI is InChI=1S/C12H21N3O/c1-15-11(4-9-14-15)3-6-12(16)5-2-8-13-10-7-12/h4,9,13,16H,2-3,5-8,10H2,1H3. The molecule has 16 heavy (non-hydrogen) atoms. The summed E-state index contributed by atoms with van der Waals surface area (Å²) in [6, 6.07) is 2.03. The van der Waals surface area contributed by atoms with Crippen LogP contribution in [0.25, 0.3) is 0 Å². The molecule has 90 valence electrons. The quantitative estimate of drug-likeness (QED) is 0.799. The molecule has 1 aliphatic heterocycles. The molecule has 0 bridgehead atoms. The Morgan fingerprint density at radius 1 is 1.50 bits per heavy atom. The third-order valence-corrected chi connectivity index (χ3v) is 3.53. The van der Waals surface area contributed by atoms with Crippen LogP contribution in [0.15, 0.2) is 12.3 Å². The van der Waals surface area contributed by atoms with Gasteiger partial charge in [0.1, 0.15) is 0 Å². The van der Waals surface area contributed by atoms with Gasteiger partial charge in [-0.3, -0.25) is 4.68 Å². The van der Waals surface area contributed by atoms with E-state index in [1.807, 2.05) is 24.0 Å². The molecule has 0 radical (unpaired) electrons. The Hall–Kier alpha value is -0.870. The van der Waals surface area contributed by atoms with Gasteiger partial charge in [-0.05, 0) is 51.3 Å². The van der Waals surface area contributed by atoms with Gasteiger partial charge >= 0.3 is 0 Å². The van der Waals surface area contributed by atoms with E-state index >= 15 is 0 Å². The van der Waals surface area contributed by atoms with Crippen LogP contribution in [0.2, 0.25) is 0 Å². The van der Waals surface area contributed by atoms with Gasteiger partial charge in [0.15, 0.2) is 0 Å². The number of hydrogen-bond acceptors (Lipinski definition) is 3. The van der Waals surface area contributed by atoms with Gasteiger partial charge in [-0.25, -0.2) is 0 Å². The second-order valence-electron chi connectivity index (χ2n) is 4.77. The number of aromatic nitrogens is 2. The Morgan fingerprint density at radius 2 is 2.38 bits per heavy atom. The molecule has 1 saturated heterocycles. The van der Waals surface area contributed by atoms with Gasteiger partial charge in [-0.15, -0.1) is 0 Å². The van der Waals surface area contributed by atoms with E-state index in [9.17, 15) is 5.11 Å². The molecule has 4 nitrogen and oxygen atoms in total. The van der Waals surface area contributed by atoms with Crippen LogP contribution in [-0.2, 0) is 13.5 Å². The first-order valence-corrected chi connectivity index (χ1v) is 6.10. The molecule has 1 aliphatic rings. The summed E-state index contributed by atoms with van der Waals surface area (Å²) >= 11 is 0. The molecule has 1 fully saturated rings. The smallest absolute Gasteiger partial charge is 0.0664 e. The minimum absolute atomic E-state index is 0.478. The molecule has 2 heterocycles. The summed E-state index contributed by atoms with van der Waals surface area (Å²) in [7, 11) is 1.95. The average Bonchev–Trinajstić information content (AvgIpc) is 2.54. The van der Waals surface area contributed by atoms with Gasteiger partial charge in [0.05, 0.1) is 5.60 Å². The lowest BCUT2D eigenvalue weighted by Gasteiger charge is -2.26. The van der Waals surface area contributed by atoms with Crippen LogP contribution < -0.4 is 5.32 Å². The van der Waals surface area contributed by atoms with Crippen molar-refractivity contribution in [2.45, 2.75) is 37.7 Å². The Kier molecular flexibility index (Phi) is 3.61. The second-order valence-corrected chi connectivity index (χ2v) is 4.77. The van der Waals surface area contributed by atoms with E-state index in [-0.39, 0.29) is 0 Å². The topological polar surface area (TPSA) is 50.1 Å². The fraction of sp³-hybridized carbons (Fsp3) is 0.750. The lowest BCUT2D eigenvalue weighted by atomic mass is 9.89. The molecule has 1 aromatic rings. The molecule has 0 saturated carbocycles. The van der Waals surface area contributed by atoms with Crippen molar-refractivity contribution in [3.05, 3.63) is 18.0 Å². The van der Waals surface area contributed by atoms with Crippen molar-refractivity contribution in [1.29, 1.82) is 0 Å². The maximum atomic E-state index is 10.5. The van der Waals surface area contributed by atoms with Crippen LogP contribution in [-0.4, -0.2) is 33.6 Å². The number of hydrogen-bond donors (Lipinski definition) is 2. The Balaban J connectivity index is 1.90. The SMILES string of the molecule is Cn1nccc1CCC1(O)CCCNCC1. The van der Waals surface area contributed by atoms with Crippen LogP contribution in [0.3, 0.4) is 0 Å². The fourth-order valence-corrected chi connectivity index (χ4v) is 2.37. The lowest BCUT2D eigenvalue weighted by Crippen LogP contribution is -2.30. The van der Waals surface area contributed by atoms with Gasteiger partial charge in [0.25, 0.3) is 0 Å². The summed E-state index contributed by atoms with van der Waals surface area (Å²) < 4.78 is 1.89. The maximum Gasteiger partial charge on any atom is 0.0664 e. The summed E-state index contributed by atoms with van der Waals surface area (Å²) in [6.07, 6.45) is 6.42. The molecule has 2 rings (SSSR count). The van der Waals surface area contributed by atoms with Crippen molar-refractivity contribution in [3.63, 3.8) is 0 Å². The average molecular weight is 223 g/mol. The summed E-state index contributed by atoms with van der Waals surface area (Å²) in [6.45, 7) is 1.97. The molecule has 0 spiro atoms. The first kappa shape index (κ1) is 11.6. The zero-order valence-electron chi connectivity index (χ0n) is 9.95. The van der Waals surface area contributed by atoms with E-state index in [0.29, 0.717) is 0 Å². The lowest BCUT2D eigenvalue weighted by molar-refractivity contribution is 0.0194. The van der Waals surface area contributed by atoms with Gasteiger partial charge in [-0.1, -0.05) is 0 Å². The highest BCUT2D eigenvalue weighted by atomic mass is 16.3. The summed E-state index contributed by atoms with van der Waals surface area (Å²) in [5, 5.41) is 17.9. The highest BCUT2D eigenvalue weighted by Gasteiger charge is 2.27. The maximum absolute atomic E-state index is 10.5. The van der Waals surface area contributed by atoms with Gasteiger partial charge < -0.3 is 10.4 Å². The van der Waals surface area contributed by atoms with Crippen molar-refractivity contribution < 1.29 is 5.11 Å². The first-order valence-electron chi connectivity index (χ1n) is 6.10. The summed E-state index contributed by atoms with van der Waals surface area (Å²) in [5.74, 6) is 0. The summed E-state index contributed by atoms with van der Waals surface area (Å²) in [5.41, 5.74) is 0.721. The van der Waals surface area contributed by atoms with Gasteiger partial charge in [-0.2, -0.15) is 5.10 Å². The third-order valence-electron chi connectivity index (χ3n) is 3.53. The Labute approximate surface area is 96.7 Å². The monoisotopic (exact) mass is 223 g/mol. The number of rotatable bonds is 3. The van der Waals surface area contributed by atoms with Gasteiger partial charge in [0.2, 0.25) is 0 Å². The van der Waals surface area contributed by atoms with E-state index in [4.69, 9.17) is 0 Å². The first-order chi connectivity index (χ1) is 7.70. The van der Waals surface area contributed by atoms with Crippen LogP contribution in [0.4, 0.5) is 0 Å². The van der Waals surface area contributed by atoms with E-state index < -0.39 is 5.60 Å². The van der Waals surface area contributed by atoms with E-state index in [1.54, 1.807) is 0 Å². The number of aryl methyl sites for hydroxylation is 2. The van der Waals surface area contributed by atoms with Crippen LogP contribution in [0.5, 0.6) is 0 Å². The normalized spacial score (nSPS) is 26.6. The molecule has 4 heteroatoms.